The number of para-hydroxylation sites is 1. The van der Waals surface area contributed by atoms with Crippen molar-refractivity contribution >= 4 is 51.4 Å². The third-order valence-electron chi connectivity index (χ3n) is 4.15. The minimum absolute atomic E-state index is 0.0414. The lowest BCUT2D eigenvalue weighted by Gasteiger charge is -2.08. The molecule has 0 aliphatic carbocycles. The Bertz CT molecular complexity index is 981. The summed E-state index contributed by atoms with van der Waals surface area (Å²) in [5.41, 5.74) is 2.91. The van der Waals surface area contributed by atoms with Crippen LogP contribution in [0.1, 0.15) is 11.1 Å². The van der Waals surface area contributed by atoms with Crippen molar-refractivity contribution in [2.24, 2.45) is 0 Å². The van der Waals surface area contributed by atoms with Crippen LogP contribution in [0.2, 0.25) is 5.02 Å². The summed E-state index contributed by atoms with van der Waals surface area (Å²) in [6, 6.07) is 13.5. The fraction of sp³-hybridized carbons (Fsp3) is 0.250. The highest BCUT2D eigenvalue weighted by molar-refractivity contribution is 8.01. The van der Waals surface area contributed by atoms with Crippen molar-refractivity contribution in [2.45, 2.75) is 17.7 Å². The molecule has 2 aromatic carbocycles. The van der Waals surface area contributed by atoms with E-state index in [9.17, 15) is 4.79 Å². The van der Waals surface area contributed by atoms with Crippen LogP contribution in [0.4, 0.5) is 10.8 Å². The van der Waals surface area contributed by atoms with Gasteiger partial charge < -0.3 is 15.4 Å². The van der Waals surface area contributed by atoms with Crippen molar-refractivity contribution in [2.75, 3.05) is 24.7 Å². The predicted molar refractivity (Wildman–Crippen MR) is 120 cm³/mol. The second-order valence-corrected chi connectivity index (χ2v) is 8.72. The molecule has 9 heteroatoms. The molecule has 0 radical (unpaired) electrons. The zero-order valence-corrected chi connectivity index (χ0v) is 18.5. The number of nitrogens with zero attached hydrogens (tertiary/aromatic N) is 2. The quantitative estimate of drug-likeness (QED) is 0.462. The number of methoxy groups -OCH3 is 1. The van der Waals surface area contributed by atoms with E-state index in [1.54, 1.807) is 7.11 Å². The van der Waals surface area contributed by atoms with Crippen LogP contribution >= 0.6 is 34.7 Å². The Labute approximate surface area is 183 Å². The molecule has 0 atom stereocenters. The number of benzene rings is 2. The van der Waals surface area contributed by atoms with E-state index in [2.05, 4.69) is 20.8 Å². The predicted octanol–water partition coefficient (Wildman–Crippen LogP) is 4.70. The third-order valence-corrected chi connectivity index (χ3v) is 6.53. The second-order valence-electron chi connectivity index (χ2n) is 6.11. The molecule has 0 aliphatic heterocycles. The Hall–Kier alpha value is -2.29. The third kappa shape index (κ3) is 6.09. The van der Waals surface area contributed by atoms with Crippen molar-refractivity contribution < 1.29 is 9.53 Å². The minimum Gasteiger partial charge on any atom is -0.496 e. The number of aromatic nitrogens is 2. The first-order chi connectivity index (χ1) is 14.1. The summed E-state index contributed by atoms with van der Waals surface area (Å²) in [5, 5.41) is 15.8. The lowest BCUT2D eigenvalue weighted by molar-refractivity contribution is -0.118. The largest absolute Gasteiger partial charge is 0.496 e. The van der Waals surface area contributed by atoms with E-state index in [1.807, 2.05) is 49.4 Å². The van der Waals surface area contributed by atoms with Crippen molar-refractivity contribution in [3.05, 3.63) is 58.6 Å². The van der Waals surface area contributed by atoms with Crippen molar-refractivity contribution in [3.8, 4) is 5.75 Å². The van der Waals surface area contributed by atoms with Gasteiger partial charge in [0.15, 0.2) is 4.34 Å². The molecule has 0 aliphatic rings. The molecule has 1 amide bonds. The fourth-order valence-corrected chi connectivity index (χ4v) is 4.37. The smallest absolute Gasteiger partial charge is 0.230 e. The molecule has 2 N–H and O–H groups in total. The summed E-state index contributed by atoms with van der Waals surface area (Å²) >= 11 is 8.90. The first-order valence-corrected chi connectivity index (χ1v) is 11.1. The maximum Gasteiger partial charge on any atom is 0.230 e. The summed E-state index contributed by atoms with van der Waals surface area (Å²) in [6.45, 7) is 2.49. The summed E-state index contributed by atoms with van der Waals surface area (Å²) in [4.78, 5) is 12.1. The van der Waals surface area contributed by atoms with Crippen molar-refractivity contribution in [1.29, 1.82) is 0 Å². The monoisotopic (exact) mass is 448 g/mol. The average Bonchev–Trinajstić information content (AvgIpc) is 3.18. The molecule has 6 nitrogen and oxygen atoms in total. The fourth-order valence-electron chi connectivity index (χ4n) is 2.60. The van der Waals surface area contributed by atoms with Crippen LogP contribution in [0.15, 0.2) is 46.8 Å². The van der Waals surface area contributed by atoms with Gasteiger partial charge in [-0.1, -0.05) is 59.0 Å². The van der Waals surface area contributed by atoms with Crippen LogP contribution in [-0.4, -0.2) is 35.5 Å². The summed E-state index contributed by atoms with van der Waals surface area (Å²) in [7, 11) is 1.65. The van der Waals surface area contributed by atoms with Gasteiger partial charge in [-0.15, -0.1) is 10.2 Å². The van der Waals surface area contributed by atoms with Crippen molar-refractivity contribution in [1.82, 2.24) is 15.5 Å². The van der Waals surface area contributed by atoms with Gasteiger partial charge in [-0.05, 0) is 42.7 Å². The van der Waals surface area contributed by atoms with Gasteiger partial charge in [0.05, 0.1) is 12.9 Å². The number of halogens is 1. The molecule has 1 aromatic heterocycles. The van der Waals surface area contributed by atoms with Gasteiger partial charge in [0, 0.05) is 17.3 Å². The molecule has 0 saturated carbocycles. The molecule has 0 saturated heterocycles. The average molecular weight is 449 g/mol. The van der Waals surface area contributed by atoms with Gasteiger partial charge in [-0.3, -0.25) is 4.79 Å². The molecule has 1 heterocycles. The van der Waals surface area contributed by atoms with Crippen LogP contribution in [0.5, 0.6) is 5.75 Å². The van der Waals surface area contributed by atoms with Gasteiger partial charge in [0.1, 0.15) is 5.75 Å². The number of thioether (sulfide) groups is 1. The highest BCUT2D eigenvalue weighted by atomic mass is 35.5. The topological polar surface area (TPSA) is 76.1 Å². The van der Waals surface area contributed by atoms with E-state index < -0.39 is 0 Å². The van der Waals surface area contributed by atoms with E-state index in [-0.39, 0.29) is 11.7 Å². The van der Waals surface area contributed by atoms with Gasteiger partial charge in [0.25, 0.3) is 0 Å². The normalized spacial score (nSPS) is 10.6. The number of anilines is 2. The molecule has 3 rings (SSSR count). The summed E-state index contributed by atoms with van der Waals surface area (Å²) in [5.74, 6) is 1.08. The van der Waals surface area contributed by atoms with E-state index in [1.165, 1.54) is 23.1 Å². The van der Waals surface area contributed by atoms with Gasteiger partial charge in [0.2, 0.25) is 11.0 Å². The zero-order valence-electron chi connectivity index (χ0n) is 16.1. The summed E-state index contributed by atoms with van der Waals surface area (Å²) in [6.07, 6.45) is 0.715. The van der Waals surface area contributed by atoms with Crippen LogP contribution in [0, 0.1) is 6.92 Å². The van der Waals surface area contributed by atoms with Gasteiger partial charge in [-0.25, -0.2) is 0 Å². The Morgan fingerprint density at radius 1 is 1.21 bits per heavy atom. The summed E-state index contributed by atoms with van der Waals surface area (Å²) < 4.78 is 6.05. The lowest BCUT2D eigenvalue weighted by atomic mass is 10.1. The number of nitrogens with one attached hydrogen (secondary N) is 2. The molecular weight excluding hydrogens is 428 g/mol. The molecular formula is C20H21ClN4O2S2. The molecule has 0 spiro atoms. The number of hydrogen-bond donors (Lipinski definition) is 2. The SMILES string of the molecule is COc1ccccc1CCNC(=O)CSc1nnc(Nc2cccc(Cl)c2C)s1. The molecule has 3 aromatic rings. The second kappa shape index (κ2) is 10.5. The maximum atomic E-state index is 12.1. The highest BCUT2D eigenvalue weighted by Gasteiger charge is 2.10. The number of carbonyl (C=O) groups excluding carboxylic acids is 1. The number of carbonyl (C=O) groups is 1. The maximum absolute atomic E-state index is 12.1. The van der Waals surface area contributed by atoms with Crippen LogP contribution in [0.3, 0.4) is 0 Å². The molecule has 0 bridgehead atoms. The van der Waals surface area contributed by atoms with Crippen LogP contribution in [0.25, 0.3) is 0 Å². The Morgan fingerprint density at radius 2 is 2.03 bits per heavy atom. The lowest BCUT2D eigenvalue weighted by Crippen LogP contribution is -2.27. The number of hydrogen-bond acceptors (Lipinski definition) is 7. The Kier molecular flexibility index (Phi) is 7.74. The highest BCUT2D eigenvalue weighted by Crippen LogP contribution is 2.30. The van der Waals surface area contributed by atoms with E-state index in [0.29, 0.717) is 23.1 Å². The molecule has 0 fully saturated rings. The van der Waals surface area contributed by atoms with Crippen LogP contribution < -0.4 is 15.4 Å². The van der Waals surface area contributed by atoms with E-state index >= 15 is 0 Å². The first kappa shape index (κ1) is 21.4. The van der Waals surface area contributed by atoms with E-state index in [0.717, 1.165) is 26.9 Å². The Morgan fingerprint density at radius 3 is 2.86 bits per heavy atom. The van der Waals surface area contributed by atoms with Crippen LogP contribution in [-0.2, 0) is 11.2 Å². The van der Waals surface area contributed by atoms with Gasteiger partial charge >= 0.3 is 0 Å². The molecule has 0 unspecified atom stereocenters. The zero-order chi connectivity index (χ0) is 20.6. The molecule has 152 valence electrons. The van der Waals surface area contributed by atoms with Crippen molar-refractivity contribution in [3.63, 3.8) is 0 Å². The number of ether oxygens (including phenoxy) is 1. The minimum atomic E-state index is -0.0414. The standard InChI is InChI=1S/C20H21ClN4O2S2/c1-13-15(21)7-5-8-16(13)23-19-24-25-20(29-19)28-12-18(26)22-11-10-14-6-3-4-9-17(14)27-2/h3-9H,10-12H2,1-2H3,(H,22,26)(H,23,24). The van der Waals surface area contributed by atoms with Gasteiger partial charge in [-0.2, -0.15) is 0 Å². The Balaban J connectivity index is 1.44. The van der Waals surface area contributed by atoms with E-state index in [4.69, 9.17) is 16.3 Å². The number of rotatable bonds is 9. The number of amides is 1. The molecule has 29 heavy (non-hydrogen) atoms. The first-order valence-electron chi connectivity index (χ1n) is 8.94.